The van der Waals surface area contributed by atoms with E-state index in [-0.39, 0.29) is 22.4 Å². The zero-order chi connectivity index (χ0) is 22.7. The van der Waals surface area contributed by atoms with Crippen molar-refractivity contribution >= 4 is 62.1 Å². The van der Waals surface area contributed by atoms with Gasteiger partial charge in [0.1, 0.15) is 5.02 Å². The molecule has 2 aromatic heterocycles. The molecule has 0 aliphatic rings. The number of hydrogen-bond acceptors (Lipinski definition) is 7. The lowest BCUT2D eigenvalue weighted by molar-refractivity contribution is -0.384. The fourth-order valence-corrected chi connectivity index (χ4v) is 4.97. The summed E-state index contributed by atoms with van der Waals surface area (Å²) >= 11 is 8.67. The van der Waals surface area contributed by atoms with Crippen molar-refractivity contribution in [1.82, 2.24) is 14.8 Å². The van der Waals surface area contributed by atoms with Crippen LogP contribution in [0.4, 0.5) is 11.4 Å². The monoisotopic (exact) mass is 485 g/mol. The van der Waals surface area contributed by atoms with Gasteiger partial charge in [-0.3, -0.25) is 19.5 Å². The molecule has 0 aliphatic heterocycles. The normalized spacial score (nSPS) is 10.9. The summed E-state index contributed by atoms with van der Waals surface area (Å²) in [5.74, 6) is 0.427. The third-order valence-corrected chi connectivity index (χ3v) is 6.76. The van der Waals surface area contributed by atoms with E-state index < -0.39 is 4.92 Å². The van der Waals surface area contributed by atoms with Gasteiger partial charge in [-0.05, 0) is 18.2 Å². The largest absolute Gasteiger partial charge is 0.325 e. The number of rotatable bonds is 8. The Morgan fingerprint density at radius 1 is 1.31 bits per heavy atom. The zero-order valence-electron chi connectivity index (χ0n) is 16.5. The van der Waals surface area contributed by atoms with Crippen LogP contribution in [0, 0.1) is 10.1 Å². The Morgan fingerprint density at radius 3 is 2.91 bits per heavy atom. The molecular formula is C21H16ClN5O3S2. The number of hydrogen-bond donors (Lipinski definition) is 1. The molecule has 162 valence electrons. The van der Waals surface area contributed by atoms with Gasteiger partial charge in [0.15, 0.2) is 11.0 Å². The van der Waals surface area contributed by atoms with Crippen LogP contribution in [0.3, 0.4) is 0 Å². The standard InChI is InChI=1S/C21H16ClN5O3S2/c1-2-9-26-20(15-11-31-18-6-4-3-5-14(15)18)24-25-21(26)32-12-19(28)23-13-7-8-16(22)17(10-13)27(29)30/h2-8,10-11H,1,9,12H2,(H,23,28). The molecule has 0 spiro atoms. The predicted molar refractivity (Wildman–Crippen MR) is 128 cm³/mol. The molecule has 0 saturated heterocycles. The quantitative estimate of drug-likeness (QED) is 0.150. The maximum absolute atomic E-state index is 12.4. The highest BCUT2D eigenvalue weighted by atomic mass is 35.5. The van der Waals surface area contributed by atoms with Gasteiger partial charge in [0, 0.05) is 39.3 Å². The van der Waals surface area contributed by atoms with Crippen molar-refractivity contribution < 1.29 is 9.72 Å². The van der Waals surface area contributed by atoms with Crippen LogP contribution in [0.1, 0.15) is 0 Å². The van der Waals surface area contributed by atoms with E-state index in [1.165, 1.54) is 30.0 Å². The molecule has 0 saturated carbocycles. The third-order valence-electron chi connectivity index (χ3n) is 4.51. The molecule has 4 aromatic rings. The molecule has 1 amide bonds. The minimum atomic E-state index is -0.597. The van der Waals surface area contributed by atoms with E-state index in [2.05, 4.69) is 28.2 Å². The number of thioether (sulfide) groups is 1. The second-order valence-corrected chi connectivity index (χ2v) is 8.87. The second kappa shape index (κ2) is 9.51. The first kappa shape index (κ1) is 22.0. The number of nitrogens with one attached hydrogen (secondary N) is 1. The number of aromatic nitrogens is 3. The molecule has 0 unspecified atom stereocenters. The Labute approximate surface area is 196 Å². The first-order valence-corrected chi connectivity index (χ1v) is 11.6. The number of nitrogens with zero attached hydrogens (tertiary/aromatic N) is 4. The molecule has 0 bridgehead atoms. The maximum Gasteiger partial charge on any atom is 0.289 e. The van der Waals surface area contributed by atoms with Gasteiger partial charge in [-0.1, -0.05) is 47.6 Å². The Bertz CT molecular complexity index is 1330. The molecule has 2 aromatic carbocycles. The molecule has 0 radical (unpaired) electrons. The molecule has 0 aliphatic carbocycles. The van der Waals surface area contributed by atoms with Gasteiger partial charge >= 0.3 is 0 Å². The van der Waals surface area contributed by atoms with E-state index in [9.17, 15) is 14.9 Å². The van der Waals surface area contributed by atoms with Crippen LogP contribution < -0.4 is 5.32 Å². The number of nitro benzene ring substituents is 1. The molecule has 2 heterocycles. The number of amides is 1. The lowest BCUT2D eigenvalue weighted by Crippen LogP contribution is -2.14. The summed E-state index contributed by atoms with van der Waals surface area (Å²) in [6, 6.07) is 12.2. The topological polar surface area (TPSA) is 103 Å². The van der Waals surface area contributed by atoms with Crippen molar-refractivity contribution in [2.45, 2.75) is 11.7 Å². The molecule has 8 nitrogen and oxygen atoms in total. The Kier molecular flexibility index (Phi) is 6.54. The SMILES string of the molecule is C=CCn1c(SCC(=O)Nc2ccc(Cl)c([N+](=O)[O-])c2)nnc1-c1csc2ccccc12. The smallest absolute Gasteiger partial charge is 0.289 e. The summed E-state index contributed by atoms with van der Waals surface area (Å²) in [5, 5.41) is 26.0. The maximum atomic E-state index is 12.4. The molecule has 4 rings (SSSR count). The predicted octanol–water partition coefficient (Wildman–Crippen LogP) is 5.64. The fourth-order valence-electron chi connectivity index (χ4n) is 3.10. The summed E-state index contributed by atoms with van der Waals surface area (Å²) in [5.41, 5.74) is 1.00. The van der Waals surface area contributed by atoms with Crippen molar-refractivity contribution in [3.63, 3.8) is 0 Å². The van der Waals surface area contributed by atoms with Crippen LogP contribution in [0.25, 0.3) is 21.5 Å². The van der Waals surface area contributed by atoms with Gasteiger partial charge in [0.25, 0.3) is 5.69 Å². The fraction of sp³-hybridized carbons (Fsp3) is 0.0952. The lowest BCUT2D eigenvalue weighted by atomic mass is 10.1. The van der Waals surface area contributed by atoms with E-state index >= 15 is 0 Å². The van der Waals surface area contributed by atoms with Crippen LogP contribution in [0.15, 0.2) is 65.7 Å². The van der Waals surface area contributed by atoms with Gasteiger partial charge in [0.05, 0.1) is 10.7 Å². The Hall–Kier alpha value is -3.21. The summed E-state index contributed by atoms with van der Waals surface area (Å²) < 4.78 is 3.06. The van der Waals surface area contributed by atoms with E-state index in [1.807, 2.05) is 28.1 Å². The minimum Gasteiger partial charge on any atom is -0.325 e. The Balaban J connectivity index is 1.51. The summed E-state index contributed by atoms with van der Waals surface area (Å²) in [7, 11) is 0. The van der Waals surface area contributed by atoms with Crippen LogP contribution in [0.2, 0.25) is 5.02 Å². The highest BCUT2D eigenvalue weighted by molar-refractivity contribution is 7.99. The molecular weight excluding hydrogens is 470 g/mol. The summed E-state index contributed by atoms with van der Waals surface area (Å²) in [4.78, 5) is 22.9. The number of fused-ring (bicyclic) bond motifs is 1. The number of thiophene rings is 1. The highest BCUT2D eigenvalue weighted by Gasteiger charge is 2.18. The number of anilines is 1. The minimum absolute atomic E-state index is 0.00776. The summed E-state index contributed by atoms with van der Waals surface area (Å²) in [6.07, 6.45) is 1.75. The average Bonchev–Trinajstić information content (AvgIpc) is 3.37. The first-order valence-electron chi connectivity index (χ1n) is 9.35. The van der Waals surface area contributed by atoms with Crippen molar-refractivity contribution in [3.05, 3.63) is 75.6 Å². The van der Waals surface area contributed by atoms with Crippen LogP contribution >= 0.6 is 34.7 Å². The van der Waals surface area contributed by atoms with Crippen molar-refractivity contribution in [1.29, 1.82) is 0 Å². The van der Waals surface area contributed by atoms with Gasteiger partial charge in [-0.2, -0.15) is 0 Å². The number of carbonyl (C=O) groups excluding carboxylic acids is 1. The number of halogens is 1. The van der Waals surface area contributed by atoms with Crippen molar-refractivity contribution in [2.75, 3.05) is 11.1 Å². The van der Waals surface area contributed by atoms with Crippen molar-refractivity contribution in [3.8, 4) is 11.4 Å². The summed E-state index contributed by atoms with van der Waals surface area (Å²) in [6.45, 7) is 4.30. The van der Waals surface area contributed by atoms with E-state index in [0.29, 0.717) is 23.2 Å². The van der Waals surface area contributed by atoms with Gasteiger partial charge in [-0.15, -0.1) is 28.1 Å². The Morgan fingerprint density at radius 2 is 2.12 bits per heavy atom. The number of carbonyl (C=O) groups is 1. The van der Waals surface area contributed by atoms with Crippen molar-refractivity contribution in [2.24, 2.45) is 0 Å². The number of nitro groups is 1. The number of allylic oxidation sites excluding steroid dienone is 1. The van der Waals surface area contributed by atoms with Gasteiger partial charge in [0.2, 0.25) is 5.91 Å². The second-order valence-electron chi connectivity index (χ2n) is 6.61. The molecule has 1 N–H and O–H groups in total. The van der Waals surface area contributed by atoms with E-state index in [0.717, 1.165) is 15.6 Å². The van der Waals surface area contributed by atoms with E-state index in [1.54, 1.807) is 17.4 Å². The molecule has 11 heteroatoms. The third kappa shape index (κ3) is 4.52. The van der Waals surface area contributed by atoms with Crippen LogP contribution in [-0.2, 0) is 11.3 Å². The average molecular weight is 486 g/mol. The number of benzene rings is 2. The molecule has 0 atom stereocenters. The highest BCUT2D eigenvalue weighted by Crippen LogP contribution is 2.34. The lowest BCUT2D eigenvalue weighted by Gasteiger charge is -2.08. The first-order chi connectivity index (χ1) is 15.5. The van der Waals surface area contributed by atoms with Crippen LogP contribution in [-0.4, -0.2) is 31.3 Å². The van der Waals surface area contributed by atoms with Gasteiger partial charge < -0.3 is 5.32 Å². The van der Waals surface area contributed by atoms with Crippen LogP contribution in [0.5, 0.6) is 0 Å². The molecule has 0 fully saturated rings. The van der Waals surface area contributed by atoms with E-state index in [4.69, 9.17) is 11.6 Å². The zero-order valence-corrected chi connectivity index (χ0v) is 18.9. The van der Waals surface area contributed by atoms with Gasteiger partial charge in [-0.25, -0.2) is 0 Å². The molecule has 32 heavy (non-hydrogen) atoms.